The van der Waals surface area contributed by atoms with E-state index in [1.54, 1.807) is 0 Å². The van der Waals surface area contributed by atoms with Gasteiger partial charge in [-0.2, -0.15) is 0 Å². The van der Waals surface area contributed by atoms with Crippen LogP contribution in [0.15, 0.2) is 191 Å². The molecule has 0 unspecified atom stereocenters. The Labute approximate surface area is 335 Å². The fourth-order valence-corrected chi connectivity index (χ4v) is 9.30. The molecule has 12 aromatic rings. The fraction of sp³-hybridized carbons (Fsp3) is 0. The molecular formula is C51H30N4O2S. The predicted octanol–water partition coefficient (Wildman–Crippen LogP) is 14.5. The zero-order chi connectivity index (χ0) is 38.2. The van der Waals surface area contributed by atoms with Crippen molar-refractivity contribution in [3.63, 3.8) is 0 Å². The Morgan fingerprint density at radius 1 is 0.362 bits per heavy atom. The van der Waals surface area contributed by atoms with Crippen LogP contribution in [0.2, 0.25) is 0 Å². The van der Waals surface area contributed by atoms with Gasteiger partial charge in [-0.3, -0.25) is 0 Å². The van der Waals surface area contributed by atoms with Crippen LogP contribution in [-0.2, 0) is 0 Å². The van der Waals surface area contributed by atoms with E-state index in [1.165, 1.54) is 20.2 Å². The molecule has 0 saturated heterocycles. The Bertz CT molecular complexity index is 3480. The van der Waals surface area contributed by atoms with Gasteiger partial charge in [0.2, 0.25) is 0 Å². The molecule has 12 rings (SSSR count). The Balaban J connectivity index is 1.16. The highest BCUT2D eigenvalue weighted by atomic mass is 32.1. The third-order valence-corrected chi connectivity index (χ3v) is 12.0. The summed E-state index contributed by atoms with van der Waals surface area (Å²) in [6.45, 7) is 0. The van der Waals surface area contributed by atoms with E-state index in [-0.39, 0.29) is 0 Å². The van der Waals surface area contributed by atoms with E-state index in [0.717, 1.165) is 77.6 Å². The largest absolute Gasteiger partial charge is 0.456 e. The third kappa shape index (κ3) is 5.29. The molecular weight excluding hydrogens is 733 g/mol. The molecule has 0 bridgehead atoms. The molecule has 0 fully saturated rings. The van der Waals surface area contributed by atoms with Crippen LogP contribution in [-0.4, -0.2) is 15.0 Å². The summed E-state index contributed by atoms with van der Waals surface area (Å²) < 4.78 is 15.7. The number of furan rings is 2. The molecule has 0 saturated carbocycles. The SMILES string of the molecule is c1ccc(-c2nc(-c3ccccc3)nc(-c3cc(N(c4ccc5c(c4)oc4ccccc45)c4ccc5sc6ccccc6c5c4)c4c(c3)oc3ccccc34)n2)cc1. The summed E-state index contributed by atoms with van der Waals surface area (Å²) in [4.78, 5) is 17.6. The summed E-state index contributed by atoms with van der Waals surface area (Å²) in [7, 11) is 0. The number of thiophene rings is 1. The van der Waals surface area contributed by atoms with Gasteiger partial charge in [-0.1, -0.05) is 115 Å². The number of rotatable bonds is 6. The summed E-state index contributed by atoms with van der Waals surface area (Å²) in [6, 6.07) is 62.7. The third-order valence-electron chi connectivity index (χ3n) is 10.9. The maximum atomic E-state index is 6.72. The summed E-state index contributed by atoms with van der Waals surface area (Å²) >= 11 is 1.81. The van der Waals surface area contributed by atoms with E-state index in [2.05, 4.69) is 102 Å². The first kappa shape index (κ1) is 32.6. The lowest BCUT2D eigenvalue weighted by atomic mass is 10.0. The van der Waals surface area contributed by atoms with Gasteiger partial charge in [-0.05, 0) is 60.7 Å². The van der Waals surface area contributed by atoms with Gasteiger partial charge in [0.1, 0.15) is 22.3 Å². The number of anilines is 3. The first-order valence-corrected chi connectivity index (χ1v) is 20.0. The van der Waals surface area contributed by atoms with Gasteiger partial charge in [0.15, 0.2) is 17.5 Å². The molecule has 58 heavy (non-hydrogen) atoms. The van der Waals surface area contributed by atoms with Crippen molar-refractivity contribution < 1.29 is 8.83 Å². The molecule has 0 atom stereocenters. The van der Waals surface area contributed by atoms with Crippen molar-refractivity contribution in [1.29, 1.82) is 0 Å². The van der Waals surface area contributed by atoms with Gasteiger partial charge in [-0.25, -0.2) is 15.0 Å². The molecule has 0 spiro atoms. The quantitative estimate of drug-likeness (QED) is 0.168. The highest BCUT2D eigenvalue weighted by Crippen LogP contribution is 2.47. The Hall–Kier alpha value is -7.61. The van der Waals surface area contributed by atoms with Crippen LogP contribution in [0.5, 0.6) is 0 Å². The minimum absolute atomic E-state index is 0.545. The fourth-order valence-electron chi connectivity index (χ4n) is 8.21. The summed E-state index contributed by atoms with van der Waals surface area (Å²) in [5.74, 6) is 1.73. The Kier molecular flexibility index (Phi) is 7.30. The summed E-state index contributed by atoms with van der Waals surface area (Å²) in [5.41, 5.74) is 8.69. The van der Waals surface area contributed by atoms with Crippen LogP contribution in [0, 0.1) is 0 Å². The van der Waals surface area contributed by atoms with Crippen molar-refractivity contribution in [3.8, 4) is 34.2 Å². The number of hydrogen-bond donors (Lipinski definition) is 0. The number of aromatic nitrogens is 3. The molecule has 0 aliphatic rings. The van der Waals surface area contributed by atoms with Crippen LogP contribution >= 0.6 is 11.3 Å². The van der Waals surface area contributed by atoms with Crippen molar-refractivity contribution in [2.24, 2.45) is 0 Å². The van der Waals surface area contributed by atoms with E-state index in [9.17, 15) is 0 Å². The molecule has 0 aliphatic carbocycles. The molecule has 0 amide bonds. The predicted molar refractivity (Wildman–Crippen MR) is 238 cm³/mol. The minimum Gasteiger partial charge on any atom is -0.456 e. The molecule has 6 nitrogen and oxygen atoms in total. The van der Waals surface area contributed by atoms with Crippen molar-refractivity contribution in [3.05, 3.63) is 182 Å². The van der Waals surface area contributed by atoms with Crippen LogP contribution in [0.1, 0.15) is 0 Å². The second-order valence-electron chi connectivity index (χ2n) is 14.4. The average Bonchev–Trinajstić information content (AvgIpc) is 3.98. The number of nitrogens with zero attached hydrogens (tertiary/aromatic N) is 4. The second kappa shape index (κ2) is 13.0. The Morgan fingerprint density at radius 2 is 0.897 bits per heavy atom. The van der Waals surface area contributed by atoms with E-state index in [1.807, 2.05) is 96.3 Å². The first-order valence-electron chi connectivity index (χ1n) is 19.2. The molecule has 272 valence electrons. The first-order chi connectivity index (χ1) is 28.7. The zero-order valence-electron chi connectivity index (χ0n) is 30.8. The van der Waals surface area contributed by atoms with Gasteiger partial charge in [0.25, 0.3) is 0 Å². The monoisotopic (exact) mass is 762 g/mol. The molecule has 0 N–H and O–H groups in total. The Morgan fingerprint density at radius 3 is 1.64 bits per heavy atom. The van der Waals surface area contributed by atoms with E-state index < -0.39 is 0 Å². The number of benzene rings is 8. The average molecular weight is 763 g/mol. The van der Waals surface area contributed by atoms with Gasteiger partial charge in [0, 0.05) is 70.5 Å². The van der Waals surface area contributed by atoms with Crippen molar-refractivity contribution >= 4 is 92.4 Å². The van der Waals surface area contributed by atoms with Gasteiger partial charge >= 0.3 is 0 Å². The topological polar surface area (TPSA) is 68.2 Å². The van der Waals surface area contributed by atoms with Crippen LogP contribution in [0.3, 0.4) is 0 Å². The lowest BCUT2D eigenvalue weighted by molar-refractivity contribution is 0.669. The molecule has 4 heterocycles. The minimum atomic E-state index is 0.545. The maximum Gasteiger partial charge on any atom is 0.164 e. The molecule has 4 aromatic heterocycles. The molecule has 7 heteroatoms. The van der Waals surface area contributed by atoms with E-state index >= 15 is 0 Å². The lowest BCUT2D eigenvalue weighted by Crippen LogP contribution is -2.11. The highest BCUT2D eigenvalue weighted by molar-refractivity contribution is 7.25. The molecule has 0 radical (unpaired) electrons. The number of para-hydroxylation sites is 2. The van der Waals surface area contributed by atoms with Gasteiger partial charge < -0.3 is 13.7 Å². The van der Waals surface area contributed by atoms with Crippen LogP contribution in [0.25, 0.3) is 98.2 Å². The normalized spacial score (nSPS) is 11.8. The number of fused-ring (bicyclic) bond motifs is 9. The second-order valence-corrected chi connectivity index (χ2v) is 15.5. The van der Waals surface area contributed by atoms with Crippen molar-refractivity contribution in [2.75, 3.05) is 4.90 Å². The van der Waals surface area contributed by atoms with E-state index in [4.69, 9.17) is 23.8 Å². The highest BCUT2D eigenvalue weighted by Gasteiger charge is 2.24. The summed E-state index contributed by atoms with van der Waals surface area (Å²) in [6.07, 6.45) is 0. The zero-order valence-corrected chi connectivity index (χ0v) is 31.7. The smallest absolute Gasteiger partial charge is 0.164 e. The van der Waals surface area contributed by atoms with Crippen molar-refractivity contribution in [1.82, 2.24) is 15.0 Å². The van der Waals surface area contributed by atoms with E-state index in [0.29, 0.717) is 17.5 Å². The maximum absolute atomic E-state index is 6.72. The van der Waals surface area contributed by atoms with Crippen molar-refractivity contribution in [2.45, 2.75) is 0 Å². The van der Waals surface area contributed by atoms with Crippen LogP contribution in [0.4, 0.5) is 17.1 Å². The molecule has 8 aromatic carbocycles. The number of hydrogen-bond acceptors (Lipinski definition) is 7. The van der Waals surface area contributed by atoms with Gasteiger partial charge in [-0.15, -0.1) is 11.3 Å². The summed E-state index contributed by atoms with van der Waals surface area (Å²) in [5, 5.41) is 6.59. The standard InChI is InChI=1S/C51H30N4O2S/c1-3-13-31(14-4-1)49-52-50(32-15-5-2-6-16-32)54-51(53-49)33-27-41(48-39-19-8-11-21-43(39)57-45(48)28-33)55(34-24-26-47-40(29-34)38-18-9-12-22-46(38)58-47)35-23-25-37-36-17-7-10-20-42(36)56-44(37)30-35/h1-30H. The molecule has 0 aliphatic heterocycles. The van der Waals surface area contributed by atoms with Crippen LogP contribution < -0.4 is 4.90 Å². The van der Waals surface area contributed by atoms with Gasteiger partial charge in [0.05, 0.1) is 11.1 Å². The lowest BCUT2D eigenvalue weighted by Gasteiger charge is -2.27.